The Hall–Kier alpha value is -3.84. The Bertz CT molecular complexity index is 1270. The molecule has 33 heavy (non-hydrogen) atoms. The molecule has 0 radical (unpaired) electrons. The molecule has 1 atom stereocenters. The summed E-state index contributed by atoms with van der Waals surface area (Å²) in [6.07, 6.45) is 3.16. The molecule has 1 saturated heterocycles. The van der Waals surface area contributed by atoms with Crippen LogP contribution in [0.15, 0.2) is 66.5 Å². The number of aromatic nitrogens is 1. The van der Waals surface area contributed by atoms with Crippen LogP contribution in [0.2, 0.25) is 5.02 Å². The highest BCUT2D eigenvalue weighted by molar-refractivity contribution is 6.51. The maximum absolute atomic E-state index is 13.3. The molecule has 0 bridgehead atoms. The molecule has 4 rings (SSSR count). The van der Waals surface area contributed by atoms with E-state index in [-0.39, 0.29) is 27.7 Å². The van der Waals surface area contributed by atoms with Gasteiger partial charge in [0.05, 0.1) is 36.4 Å². The van der Waals surface area contributed by atoms with Gasteiger partial charge in [-0.1, -0.05) is 35.9 Å². The number of Topliss-reactive ketones (excluding diaryl/α,β-unsaturated/α-hetero) is 1. The molecule has 1 unspecified atom stereocenters. The van der Waals surface area contributed by atoms with E-state index in [0.717, 1.165) is 5.56 Å². The Kier molecular flexibility index (Phi) is 6.07. The van der Waals surface area contributed by atoms with Crippen molar-refractivity contribution in [2.75, 3.05) is 19.1 Å². The molecule has 1 fully saturated rings. The largest absolute Gasteiger partial charge is 0.507 e. The molecule has 168 valence electrons. The predicted molar refractivity (Wildman–Crippen MR) is 125 cm³/mol. The Labute approximate surface area is 195 Å². The maximum Gasteiger partial charge on any atom is 0.300 e. The van der Waals surface area contributed by atoms with Crippen LogP contribution in [0.3, 0.4) is 0 Å². The summed E-state index contributed by atoms with van der Waals surface area (Å²) >= 11 is 6.20. The van der Waals surface area contributed by atoms with Crippen molar-refractivity contribution >= 4 is 34.7 Å². The van der Waals surface area contributed by atoms with Crippen LogP contribution in [0, 0.1) is 6.92 Å². The highest BCUT2D eigenvalue weighted by Gasteiger charge is 2.47. The first-order valence-corrected chi connectivity index (χ1v) is 10.4. The average Bonchev–Trinajstić information content (AvgIpc) is 3.09. The van der Waals surface area contributed by atoms with E-state index in [4.69, 9.17) is 21.1 Å². The van der Waals surface area contributed by atoms with Crippen LogP contribution in [-0.2, 0) is 9.59 Å². The van der Waals surface area contributed by atoms with Crippen LogP contribution in [-0.4, -0.2) is 36.0 Å². The summed E-state index contributed by atoms with van der Waals surface area (Å²) in [5.74, 6) is -1.46. The van der Waals surface area contributed by atoms with Crippen molar-refractivity contribution in [1.82, 2.24) is 4.98 Å². The fourth-order valence-corrected chi connectivity index (χ4v) is 4.19. The summed E-state index contributed by atoms with van der Waals surface area (Å²) in [6, 6.07) is 12.8. The van der Waals surface area contributed by atoms with E-state index in [1.807, 2.05) is 19.1 Å². The van der Waals surface area contributed by atoms with Crippen LogP contribution in [0.25, 0.3) is 5.76 Å². The highest BCUT2D eigenvalue weighted by Crippen LogP contribution is 2.45. The van der Waals surface area contributed by atoms with Crippen LogP contribution in [0.1, 0.15) is 22.7 Å². The fraction of sp³-hybridized carbons (Fsp3) is 0.160. The number of aryl methyl sites for hydroxylation is 1. The number of aliphatic hydroxyl groups is 1. The SMILES string of the molecule is COc1cc(/C(O)=C2\C(=O)C(=O)N(c3ccccc3C)C2c2cccnc2)c(OC)cc1Cl. The van der Waals surface area contributed by atoms with Gasteiger partial charge in [-0.3, -0.25) is 19.5 Å². The number of para-hydroxylation sites is 1. The zero-order valence-corrected chi connectivity index (χ0v) is 19.0. The molecule has 2 heterocycles. The van der Waals surface area contributed by atoms with Crippen molar-refractivity contribution in [3.05, 3.63) is 88.2 Å². The number of aliphatic hydroxyl groups excluding tert-OH is 1. The van der Waals surface area contributed by atoms with Crippen molar-refractivity contribution in [2.24, 2.45) is 0 Å². The van der Waals surface area contributed by atoms with Gasteiger partial charge in [0, 0.05) is 24.1 Å². The number of methoxy groups -OCH3 is 2. The minimum atomic E-state index is -0.897. The van der Waals surface area contributed by atoms with Crippen LogP contribution in [0.5, 0.6) is 11.5 Å². The van der Waals surface area contributed by atoms with E-state index in [2.05, 4.69) is 4.98 Å². The van der Waals surface area contributed by atoms with Crippen molar-refractivity contribution < 1.29 is 24.2 Å². The molecule has 1 aliphatic rings. The first-order chi connectivity index (χ1) is 15.9. The monoisotopic (exact) mass is 464 g/mol. The van der Waals surface area contributed by atoms with Crippen molar-refractivity contribution in [3.8, 4) is 11.5 Å². The second-order valence-electron chi connectivity index (χ2n) is 7.43. The fourth-order valence-electron chi connectivity index (χ4n) is 3.96. The number of ketones is 1. The van der Waals surface area contributed by atoms with Gasteiger partial charge in [0.1, 0.15) is 17.3 Å². The smallest absolute Gasteiger partial charge is 0.300 e. The third-order valence-electron chi connectivity index (χ3n) is 5.55. The number of anilines is 1. The zero-order chi connectivity index (χ0) is 23.7. The summed E-state index contributed by atoms with van der Waals surface area (Å²) in [7, 11) is 2.85. The molecule has 1 aromatic heterocycles. The predicted octanol–water partition coefficient (Wildman–Crippen LogP) is 4.69. The van der Waals surface area contributed by atoms with Crippen LogP contribution in [0.4, 0.5) is 5.69 Å². The molecule has 1 aliphatic heterocycles. The number of carbonyl (C=O) groups excluding carboxylic acids is 2. The van der Waals surface area contributed by atoms with Gasteiger partial charge in [0.15, 0.2) is 0 Å². The molecule has 1 N–H and O–H groups in total. The van der Waals surface area contributed by atoms with E-state index in [0.29, 0.717) is 11.3 Å². The van der Waals surface area contributed by atoms with Gasteiger partial charge >= 0.3 is 0 Å². The van der Waals surface area contributed by atoms with E-state index < -0.39 is 23.5 Å². The Morgan fingerprint density at radius 1 is 1.06 bits per heavy atom. The van der Waals surface area contributed by atoms with E-state index in [9.17, 15) is 14.7 Å². The van der Waals surface area contributed by atoms with E-state index in [1.54, 1.807) is 36.7 Å². The van der Waals surface area contributed by atoms with Crippen molar-refractivity contribution in [1.29, 1.82) is 0 Å². The molecule has 1 amide bonds. The average molecular weight is 465 g/mol. The molecule has 7 nitrogen and oxygen atoms in total. The Balaban J connectivity index is 2.01. The lowest BCUT2D eigenvalue weighted by Crippen LogP contribution is -2.30. The first kappa shape index (κ1) is 22.4. The van der Waals surface area contributed by atoms with Gasteiger partial charge in [-0.25, -0.2) is 0 Å². The van der Waals surface area contributed by atoms with Crippen LogP contribution < -0.4 is 14.4 Å². The maximum atomic E-state index is 13.3. The number of hydrogen-bond donors (Lipinski definition) is 1. The number of rotatable bonds is 5. The highest BCUT2D eigenvalue weighted by atomic mass is 35.5. The van der Waals surface area contributed by atoms with Crippen molar-refractivity contribution in [2.45, 2.75) is 13.0 Å². The van der Waals surface area contributed by atoms with Gasteiger partial charge < -0.3 is 14.6 Å². The number of pyridine rings is 1. The number of nitrogens with zero attached hydrogens (tertiary/aromatic N) is 2. The summed E-state index contributed by atoms with van der Waals surface area (Å²) < 4.78 is 10.7. The van der Waals surface area contributed by atoms with E-state index in [1.165, 1.54) is 31.3 Å². The van der Waals surface area contributed by atoms with Gasteiger partial charge in [0.2, 0.25) is 0 Å². The summed E-state index contributed by atoms with van der Waals surface area (Å²) in [5.41, 5.74) is 2.03. The number of ether oxygens (including phenoxy) is 2. The molecule has 0 aliphatic carbocycles. The Morgan fingerprint density at radius 2 is 1.79 bits per heavy atom. The van der Waals surface area contributed by atoms with Gasteiger partial charge in [-0.05, 0) is 36.2 Å². The van der Waals surface area contributed by atoms with Crippen molar-refractivity contribution in [3.63, 3.8) is 0 Å². The minimum Gasteiger partial charge on any atom is -0.507 e. The van der Waals surface area contributed by atoms with Gasteiger partial charge in [0.25, 0.3) is 11.7 Å². The topological polar surface area (TPSA) is 89.0 Å². The van der Waals surface area contributed by atoms with Crippen LogP contribution >= 0.6 is 11.6 Å². The third kappa shape index (κ3) is 3.81. The first-order valence-electron chi connectivity index (χ1n) is 10.1. The molecular formula is C25H21ClN2O5. The molecule has 0 spiro atoms. The van der Waals surface area contributed by atoms with Gasteiger partial charge in [-0.15, -0.1) is 0 Å². The lowest BCUT2D eigenvalue weighted by atomic mass is 9.95. The number of amides is 1. The number of carbonyl (C=O) groups is 2. The quantitative estimate of drug-likeness (QED) is 0.335. The molecule has 0 saturated carbocycles. The summed E-state index contributed by atoms with van der Waals surface area (Å²) in [4.78, 5) is 32.1. The molecule has 8 heteroatoms. The lowest BCUT2D eigenvalue weighted by Gasteiger charge is -2.26. The second kappa shape index (κ2) is 8.96. The normalized spacial score (nSPS) is 17.3. The summed E-state index contributed by atoms with van der Waals surface area (Å²) in [6.45, 7) is 1.85. The standard InChI is InChI=1S/C25H21ClN2O5/c1-14-7-4-5-9-18(14)28-22(15-8-6-10-27-13-15)21(24(30)25(28)31)23(29)16-11-20(33-3)17(26)12-19(16)32-2/h4-13,22,29H,1-3H3/b23-21+. The van der Waals surface area contributed by atoms with E-state index >= 15 is 0 Å². The number of halogens is 1. The lowest BCUT2D eigenvalue weighted by molar-refractivity contribution is -0.132. The minimum absolute atomic E-state index is 0.0843. The van der Waals surface area contributed by atoms with Gasteiger partial charge in [-0.2, -0.15) is 0 Å². The number of benzene rings is 2. The zero-order valence-electron chi connectivity index (χ0n) is 18.2. The molecular weight excluding hydrogens is 444 g/mol. The second-order valence-corrected chi connectivity index (χ2v) is 7.84. The Morgan fingerprint density at radius 3 is 2.42 bits per heavy atom. The summed E-state index contributed by atoms with van der Waals surface area (Å²) in [5, 5.41) is 11.7. The number of hydrogen-bond acceptors (Lipinski definition) is 6. The third-order valence-corrected chi connectivity index (χ3v) is 5.84. The molecule has 3 aromatic rings. The molecule has 2 aromatic carbocycles.